The maximum absolute atomic E-state index is 11.7. The van der Waals surface area contributed by atoms with Gasteiger partial charge in [0.1, 0.15) is 11.6 Å². The van der Waals surface area contributed by atoms with Crippen LogP contribution in [-0.2, 0) is 19.0 Å². The summed E-state index contributed by atoms with van der Waals surface area (Å²) < 4.78 is 14.7. The van der Waals surface area contributed by atoms with Gasteiger partial charge < -0.3 is 19.5 Å². The van der Waals surface area contributed by atoms with Crippen LogP contribution in [0.5, 0.6) is 0 Å². The van der Waals surface area contributed by atoms with Crippen molar-refractivity contribution in [2.75, 3.05) is 26.6 Å². The predicted octanol–water partition coefficient (Wildman–Crippen LogP) is 1.95. The lowest BCUT2D eigenvalue weighted by molar-refractivity contribution is -0.142. The van der Waals surface area contributed by atoms with E-state index in [0.29, 0.717) is 12.4 Å². The Hall–Kier alpha value is -1.21. The van der Waals surface area contributed by atoms with Crippen molar-refractivity contribution < 1.29 is 23.8 Å². The number of carbonyl (C=O) groups is 2. The standard InChI is InChI=1S/C13H23NO5S/c1-9(7-17-5)20-8-10(11(15)18-6)14-12(16)19-13(2,3)4/h10H,1,7-8H2,2-6H3,(H,14,16)/t10-/m0/s1. The Bertz CT molecular complexity index is 351. The Morgan fingerprint density at radius 3 is 2.35 bits per heavy atom. The molecule has 0 aliphatic carbocycles. The lowest BCUT2D eigenvalue weighted by Crippen LogP contribution is -2.45. The van der Waals surface area contributed by atoms with Gasteiger partial charge in [0.05, 0.1) is 13.7 Å². The molecule has 0 aliphatic rings. The van der Waals surface area contributed by atoms with Crippen LogP contribution in [-0.4, -0.2) is 50.3 Å². The smallest absolute Gasteiger partial charge is 0.408 e. The molecule has 6 nitrogen and oxygen atoms in total. The minimum Gasteiger partial charge on any atom is -0.467 e. The predicted molar refractivity (Wildman–Crippen MR) is 78.6 cm³/mol. The molecule has 0 radical (unpaired) electrons. The van der Waals surface area contributed by atoms with Gasteiger partial charge in [-0.2, -0.15) is 0 Å². The summed E-state index contributed by atoms with van der Waals surface area (Å²) >= 11 is 1.32. The first kappa shape index (κ1) is 18.8. The second kappa shape index (κ2) is 8.86. The van der Waals surface area contributed by atoms with Gasteiger partial charge in [-0.05, 0) is 20.8 Å². The lowest BCUT2D eigenvalue weighted by Gasteiger charge is -2.22. The number of carbonyl (C=O) groups excluding carboxylic acids is 2. The number of methoxy groups -OCH3 is 2. The van der Waals surface area contributed by atoms with E-state index in [1.165, 1.54) is 18.9 Å². The van der Waals surface area contributed by atoms with Crippen molar-refractivity contribution in [3.63, 3.8) is 0 Å². The molecule has 0 aromatic carbocycles. The van der Waals surface area contributed by atoms with Gasteiger partial charge in [-0.15, -0.1) is 11.8 Å². The van der Waals surface area contributed by atoms with Gasteiger partial charge in [0.2, 0.25) is 0 Å². The van der Waals surface area contributed by atoms with E-state index in [4.69, 9.17) is 9.47 Å². The number of alkyl carbamates (subject to hydrolysis) is 1. The number of thioether (sulfide) groups is 1. The van der Waals surface area contributed by atoms with Crippen LogP contribution in [0.1, 0.15) is 20.8 Å². The van der Waals surface area contributed by atoms with E-state index >= 15 is 0 Å². The van der Waals surface area contributed by atoms with Crippen molar-refractivity contribution in [2.24, 2.45) is 0 Å². The third kappa shape index (κ3) is 8.82. The van der Waals surface area contributed by atoms with Crippen LogP contribution < -0.4 is 5.32 Å². The molecule has 116 valence electrons. The molecule has 0 aromatic rings. The van der Waals surface area contributed by atoms with Gasteiger partial charge in [0.15, 0.2) is 0 Å². The number of amides is 1. The molecule has 1 N–H and O–H groups in total. The molecule has 20 heavy (non-hydrogen) atoms. The summed E-state index contributed by atoms with van der Waals surface area (Å²) in [6.07, 6.45) is -0.661. The second-order valence-electron chi connectivity index (χ2n) is 5.00. The van der Waals surface area contributed by atoms with Crippen molar-refractivity contribution in [1.29, 1.82) is 0 Å². The van der Waals surface area contributed by atoms with Crippen molar-refractivity contribution in [3.05, 3.63) is 11.5 Å². The Balaban J connectivity index is 4.46. The first-order chi connectivity index (χ1) is 9.19. The number of nitrogens with one attached hydrogen (secondary N) is 1. The first-order valence-corrected chi connectivity index (χ1v) is 7.05. The average molecular weight is 305 g/mol. The topological polar surface area (TPSA) is 73.9 Å². The molecule has 1 atom stereocenters. The Labute approximate surface area is 124 Å². The summed E-state index contributed by atoms with van der Waals surface area (Å²) in [7, 11) is 2.82. The van der Waals surface area contributed by atoms with Crippen LogP contribution in [0.3, 0.4) is 0 Å². The van der Waals surface area contributed by atoms with Crippen LogP contribution in [0.15, 0.2) is 11.5 Å². The van der Waals surface area contributed by atoms with E-state index < -0.39 is 23.7 Å². The molecule has 0 saturated heterocycles. The maximum Gasteiger partial charge on any atom is 0.408 e. The SMILES string of the molecule is C=C(COC)SC[C@H](NC(=O)OC(C)(C)C)C(=O)OC. The molecule has 0 unspecified atom stereocenters. The van der Waals surface area contributed by atoms with Gasteiger partial charge in [0.25, 0.3) is 0 Å². The molecule has 0 rings (SSSR count). The maximum atomic E-state index is 11.7. The lowest BCUT2D eigenvalue weighted by atomic mass is 10.2. The molecule has 0 heterocycles. The van der Waals surface area contributed by atoms with Crippen LogP contribution in [0.4, 0.5) is 4.79 Å². The monoisotopic (exact) mass is 305 g/mol. The Kier molecular flexibility index (Phi) is 8.33. The highest BCUT2D eigenvalue weighted by Crippen LogP contribution is 2.15. The summed E-state index contributed by atoms with van der Waals surface area (Å²) in [6.45, 7) is 9.40. The highest BCUT2D eigenvalue weighted by Gasteiger charge is 2.25. The molecular formula is C13H23NO5S. The Morgan fingerprint density at radius 1 is 1.30 bits per heavy atom. The fraction of sp³-hybridized carbons (Fsp3) is 0.692. The van der Waals surface area contributed by atoms with Crippen LogP contribution in [0.25, 0.3) is 0 Å². The summed E-state index contributed by atoms with van der Waals surface area (Å²) in [5.74, 6) is -0.234. The van der Waals surface area contributed by atoms with Gasteiger partial charge >= 0.3 is 12.1 Å². The second-order valence-corrected chi connectivity index (χ2v) is 6.20. The van der Waals surface area contributed by atoms with E-state index in [9.17, 15) is 9.59 Å². The van der Waals surface area contributed by atoms with Crippen molar-refractivity contribution in [1.82, 2.24) is 5.32 Å². The van der Waals surface area contributed by atoms with E-state index in [0.717, 1.165) is 4.91 Å². The van der Waals surface area contributed by atoms with Crippen molar-refractivity contribution in [2.45, 2.75) is 32.4 Å². The first-order valence-electron chi connectivity index (χ1n) is 6.06. The highest BCUT2D eigenvalue weighted by molar-refractivity contribution is 8.03. The number of hydrogen-bond donors (Lipinski definition) is 1. The molecule has 0 spiro atoms. The molecule has 0 aliphatic heterocycles. The Morgan fingerprint density at radius 2 is 1.90 bits per heavy atom. The highest BCUT2D eigenvalue weighted by atomic mass is 32.2. The minimum absolute atomic E-state index is 0.300. The zero-order valence-corrected chi connectivity index (χ0v) is 13.5. The van der Waals surface area contributed by atoms with Gasteiger partial charge in [-0.1, -0.05) is 6.58 Å². The summed E-state index contributed by atoms with van der Waals surface area (Å²) in [4.78, 5) is 24.0. The van der Waals surface area contributed by atoms with Crippen LogP contribution >= 0.6 is 11.8 Å². The molecular weight excluding hydrogens is 282 g/mol. The van der Waals surface area contributed by atoms with E-state index in [2.05, 4.69) is 16.6 Å². The molecule has 1 amide bonds. The summed E-state index contributed by atoms with van der Waals surface area (Å²) in [5.41, 5.74) is -0.627. The average Bonchev–Trinajstić information content (AvgIpc) is 2.31. The normalized spacial score (nSPS) is 12.4. The fourth-order valence-electron chi connectivity index (χ4n) is 1.16. The van der Waals surface area contributed by atoms with Crippen molar-refractivity contribution in [3.8, 4) is 0 Å². The molecule has 0 bridgehead atoms. The van der Waals surface area contributed by atoms with Gasteiger partial charge in [-0.25, -0.2) is 9.59 Å². The van der Waals surface area contributed by atoms with E-state index in [-0.39, 0.29) is 0 Å². The number of ether oxygens (including phenoxy) is 3. The van der Waals surface area contributed by atoms with Crippen molar-refractivity contribution >= 4 is 23.8 Å². The molecule has 0 saturated carbocycles. The van der Waals surface area contributed by atoms with Gasteiger partial charge in [0, 0.05) is 17.8 Å². The third-order valence-corrected chi connectivity index (χ3v) is 2.96. The fourth-order valence-corrected chi connectivity index (χ4v) is 1.99. The largest absolute Gasteiger partial charge is 0.467 e. The number of rotatable bonds is 7. The quantitative estimate of drug-likeness (QED) is 0.725. The molecule has 7 heteroatoms. The number of hydrogen-bond acceptors (Lipinski definition) is 6. The third-order valence-electron chi connectivity index (χ3n) is 1.94. The molecule has 0 fully saturated rings. The zero-order chi connectivity index (χ0) is 15.8. The van der Waals surface area contributed by atoms with E-state index in [1.54, 1.807) is 27.9 Å². The van der Waals surface area contributed by atoms with Gasteiger partial charge in [-0.3, -0.25) is 0 Å². The summed E-state index contributed by atoms with van der Waals surface area (Å²) in [6, 6.07) is -0.798. The summed E-state index contributed by atoms with van der Waals surface area (Å²) in [5, 5.41) is 2.48. The van der Waals surface area contributed by atoms with E-state index in [1.807, 2.05) is 0 Å². The number of esters is 1. The van der Waals surface area contributed by atoms with Crippen LogP contribution in [0.2, 0.25) is 0 Å². The zero-order valence-electron chi connectivity index (χ0n) is 12.6. The minimum atomic E-state index is -0.798. The molecule has 0 aromatic heterocycles. The van der Waals surface area contributed by atoms with Crippen LogP contribution in [0, 0.1) is 0 Å².